The predicted molar refractivity (Wildman–Crippen MR) is 82.2 cm³/mol. The number of rotatable bonds is 4. The zero-order valence-electron chi connectivity index (χ0n) is 11.7. The van der Waals surface area contributed by atoms with Gasteiger partial charge in [0.05, 0.1) is 0 Å². The first-order valence-electron chi connectivity index (χ1n) is 6.76. The molecule has 19 heavy (non-hydrogen) atoms. The zero-order valence-corrected chi connectivity index (χ0v) is 13.3. The zero-order chi connectivity index (χ0) is 14.2. The largest absolute Gasteiger partial charge is 0.398 e. The Kier molecular flexibility index (Phi) is 4.19. The van der Waals surface area contributed by atoms with Gasteiger partial charge in [-0.3, -0.25) is 4.79 Å². The Bertz CT molecular complexity index is 495. The summed E-state index contributed by atoms with van der Waals surface area (Å²) in [6, 6.07) is 4.15. The minimum atomic E-state index is 0.113. The lowest BCUT2D eigenvalue weighted by atomic mass is 10.0. The number of hydrogen-bond acceptors (Lipinski definition) is 2. The highest BCUT2D eigenvalue weighted by Crippen LogP contribution is 2.31. The summed E-state index contributed by atoms with van der Waals surface area (Å²) in [4.78, 5) is 14.7. The van der Waals surface area contributed by atoms with E-state index in [9.17, 15) is 4.79 Å². The molecule has 0 radical (unpaired) electrons. The first-order chi connectivity index (χ1) is 8.90. The van der Waals surface area contributed by atoms with Gasteiger partial charge in [0.2, 0.25) is 0 Å². The van der Waals surface area contributed by atoms with Gasteiger partial charge in [-0.25, -0.2) is 0 Å². The van der Waals surface area contributed by atoms with Crippen LogP contribution < -0.4 is 5.73 Å². The van der Waals surface area contributed by atoms with Gasteiger partial charge >= 0.3 is 0 Å². The number of nitrogen functional groups attached to an aromatic ring is 1. The Morgan fingerprint density at radius 2 is 2.11 bits per heavy atom. The van der Waals surface area contributed by atoms with Gasteiger partial charge in [-0.1, -0.05) is 29.8 Å². The average molecular weight is 325 g/mol. The third-order valence-corrected chi connectivity index (χ3v) is 3.91. The maximum Gasteiger partial charge on any atom is 0.254 e. The second-order valence-electron chi connectivity index (χ2n) is 5.75. The fourth-order valence-electron chi connectivity index (χ4n) is 2.25. The van der Waals surface area contributed by atoms with E-state index in [1.807, 2.05) is 24.0 Å². The van der Waals surface area contributed by atoms with Crippen LogP contribution in [0.3, 0.4) is 0 Å². The van der Waals surface area contributed by atoms with Crippen LogP contribution in [0.4, 0.5) is 5.69 Å². The summed E-state index contributed by atoms with van der Waals surface area (Å²) in [6.07, 6.45) is 2.25. The lowest BCUT2D eigenvalue weighted by molar-refractivity contribution is 0.0722. The van der Waals surface area contributed by atoms with Crippen molar-refractivity contribution < 1.29 is 4.79 Å². The topological polar surface area (TPSA) is 46.3 Å². The number of amides is 1. The van der Waals surface area contributed by atoms with Gasteiger partial charge in [0.15, 0.2) is 0 Å². The first kappa shape index (κ1) is 14.4. The van der Waals surface area contributed by atoms with Crippen molar-refractivity contribution in [2.75, 3.05) is 12.3 Å². The van der Waals surface area contributed by atoms with E-state index in [1.165, 1.54) is 0 Å². The molecule has 1 aromatic rings. The van der Waals surface area contributed by atoms with Crippen molar-refractivity contribution in [2.45, 2.75) is 39.7 Å². The Morgan fingerprint density at radius 1 is 1.47 bits per heavy atom. The van der Waals surface area contributed by atoms with Gasteiger partial charge < -0.3 is 10.6 Å². The standard InChI is InChI=1S/C15H21BrN2O/c1-9(2)8-18(12-4-5-12)15(19)13-6-11(16)7-14(17)10(13)3/h6-7,9,12H,4-5,8,17H2,1-3H3. The fraction of sp³-hybridized carbons (Fsp3) is 0.533. The van der Waals surface area contributed by atoms with Gasteiger partial charge in [-0.05, 0) is 43.4 Å². The summed E-state index contributed by atoms with van der Waals surface area (Å²) in [7, 11) is 0. The molecular formula is C15H21BrN2O. The highest BCUT2D eigenvalue weighted by molar-refractivity contribution is 9.10. The second kappa shape index (κ2) is 5.53. The van der Waals surface area contributed by atoms with E-state index in [-0.39, 0.29) is 5.91 Å². The summed E-state index contributed by atoms with van der Waals surface area (Å²) in [5.41, 5.74) is 8.22. The summed E-state index contributed by atoms with van der Waals surface area (Å²) >= 11 is 3.42. The monoisotopic (exact) mass is 324 g/mol. The van der Waals surface area contributed by atoms with Crippen molar-refractivity contribution in [3.05, 3.63) is 27.7 Å². The van der Waals surface area contributed by atoms with Gasteiger partial charge in [-0.15, -0.1) is 0 Å². The molecule has 0 saturated heterocycles. The number of halogens is 1. The molecule has 0 heterocycles. The van der Waals surface area contributed by atoms with Crippen LogP contribution >= 0.6 is 15.9 Å². The molecule has 0 atom stereocenters. The molecule has 1 aliphatic carbocycles. The molecule has 0 aliphatic heterocycles. The number of benzene rings is 1. The molecule has 1 aromatic carbocycles. The van der Waals surface area contributed by atoms with Crippen molar-refractivity contribution in [3.63, 3.8) is 0 Å². The normalized spacial score (nSPS) is 14.8. The highest BCUT2D eigenvalue weighted by atomic mass is 79.9. The van der Waals surface area contributed by atoms with Gasteiger partial charge in [0.1, 0.15) is 0 Å². The quantitative estimate of drug-likeness (QED) is 0.860. The Morgan fingerprint density at radius 3 is 2.63 bits per heavy atom. The van der Waals surface area contributed by atoms with Crippen molar-refractivity contribution in [1.29, 1.82) is 0 Å². The van der Waals surface area contributed by atoms with Crippen LogP contribution in [0, 0.1) is 12.8 Å². The van der Waals surface area contributed by atoms with E-state index < -0.39 is 0 Å². The lowest BCUT2D eigenvalue weighted by Gasteiger charge is -2.25. The van der Waals surface area contributed by atoms with Crippen molar-refractivity contribution >= 4 is 27.5 Å². The summed E-state index contributed by atoms with van der Waals surface area (Å²) in [6.45, 7) is 7.01. The Labute approximate surface area is 123 Å². The van der Waals surface area contributed by atoms with Crippen molar-refractivity contribution in [1.82, 2.24) is 4.90 Å². The fourth-order valence-corrected chi connectivity index (χ4v) is 2.73. The summed E-state index contributed by atoms with van der Waals surface area (Å²) in [5, 5.41) is 0. The van der Waals surface area contributed by atoms with Crippen LogP contribution in [0.1, 0.15) is 42.6 Å². The molecule has 0 unspecified atom stereocenters. The molecule has 104 valence electrons. The lowest BCUT2D eigenvalue weighted by Crippen LogP contribution is -2.36. The molecule has 1 saturated carbocycles. The highest BCUT2D eigenvalue weighted by Gasteiger charge is 2.34. The Balaban J connectivity index is 2.31. The van der Waals surface area contributed by atoms with Crippen LogP contribution in [0.5, 0.6) is 0 Å². The number of nitrogens with zero attached hydrogens (tertiary/aromatic N) is 1. The van der Waals surface area contributed by atoms with E-state index in [1.54, 1.807) is 0 Å². The third kappa shape index (κ3) is 3.30. The van der Waals surface area contributed by atoms with Crippen molar-refractivity contribution in [2.24, 2.45) is 5.92 Å². The smallest absolute Gasteiger partial charge is 0.254 e. The third-order valence-electron chi connectivity index (χ3n) is 3.45. The molecule has 2 rings (SSSR count). The molecule has 0 aromatic heterocycles. The van der Waals surface area contributed by atoms with Crippen LogP contribution in [-0.2, 0) is 0 Å². The Hall–Kier alpha value is -1.03. The number of carbonyl (C=O) groups is 1. The number of anilines is 1. The van der Waals surface area contributed by atoms with Gasteiger partial charge in [0.25, 0.3) is 5.91 Å². The minimum Gasteiger partial charge on any atom is -0.398 e. The molecule has 4 heteroatoms. The van der Waals surface area contributed by atoms with E-state index in [0.717, 1.165) is 35.0 Å². The molecule has 0 bridgehead atoms. The number of nitrogens with two attached hydrogens (primary N) is 1. The molecular weight excluding hydrogens is 304 g/mol. The van der Waals surface area contributed by atoms with Crippen LogP contribution in [0.15, 0.2) is 16.6 Å². The van der Waals surface area contributed by atoms with E-state index >= 15 is 0 Å². The molecule has 1 amide bonds. The number of hydrogen-bond donors (Lipinski definition) is 1. The second-order valence-corrected chi connectivity index (χ2v) is 6.67. The SMILES string of the molecule is Cc1c(N)cc(Br)cc1C(=O)N(CC(C)C)C1CC1. The maximum absolute atomic E-state index is 12.7. The molecule has 0 spiro atoms. The van der Waals surface area contributed by atoms with E-state index in [4.69, 9.17) is 5.73 Å². The average Bonchev–Trinajstić information content (AvgIpc) is 3.13. The van der Waals surface area contributed by atoms with Gasteiger partial charge in [-0.2, -0.15) is 0 Å². The van der Waals surface area contributed by atoms with E-state index in [0.29, 0.717) is 17.6 Å². The summed E-state index contributed by atoms with van der Waals surface area (Å²) < 4.78 is 0.860. The predicted octanol–water partition coefficient (Wildman–Crippen LogP) is 3.60. The van der Waals surface area contributed by atoms with Crippen LogP contribution in [0.25, 0.3) is 0 Å². The molecule has 2 N–H and O–H groups in total. The van der Waals surface area contributed by atoms with Crippen molar-refractivity contribution in [3.8, 4) is 0 Å². The van der Waals surface area contributed by atoms with Gasteiger partial charge in [0, 0.05) is 28.3 Å². The number of carbonyl (C=O) groups excluding carboxylic acids is 1. The minimum absolute atomic E-state index is 0.113. The molecule has 3 nitrogen and oxygen atoms in total. The molecule has 1 fully saturated rings. The van der Waals surface area contributed by atoms with Crippen LogP contribution in [-0.4, -0.2) is 23.4 Å². The van der Waals surface area contributed by atoms with Crippen LogP contribution in [0.2, 0.25) is 0 Å². The van der Waals surface area contributed by atoms with E-state index in [2.05, 4.69) is 29.8 Å². The maximum atomic E-state index is 12.7. The molecule has 1 aliphatic rings. The first-order valence-corrected chi connectivity index (χ1v) is 7.56. The summed E-state index contributed by atoms with van der Waals surface area (Å²) in [5.74, 6) is 0.594.